The minimum absolute atomic E-state index is 0.464. The number of aromatic nitrogens is 5. The van der Waals surface area contributed by atoms with Gasteiger partial charge in [-0.2, -0.15) is 15.0 Å². The third-order valence-corrected chi connectivity index (χ3v) is 3.74. The van der Waals surface area contributed by atoms with Gasteiger partial charge in [0.1, 0.15) is 6.33 Å². The van der Waals surface area contributed by atoms with Crippen LogP contribution < -0.4 is 10.2 Å². The Morgan fingerprint density at radius 2 is 2.10 bits per heavy atom. The van der Waals surface area contributed by atoms with E-state index < -0.39 is 0 Å². The van der Waals surface area contributed by atoms with Gasteiger partial charge in [0.15, 0.2) is 0 Å². The Labute approximate surface area is 124 Å². The molecule has 7 heteroatoms. The molecule has 0 radical (unpaired) electrons. The molecule has 1 atom stereocenters. The van der Waals surface area contributed by atoms with Gasteiger partial charge in [-0.15, -0.1) is 0 Å². The molecule has 1 fully saturated rings. The molecule has 0 spiro atoms. The molecule has 1 N–H and O–H groups in total. The number of hydrogen-bond donors (Lipinski definition) is 1. The lowest BCUT2D eigenvalue weighted by Gasteiger charge is -2.33. The van der Waals surface area contributed by atoms with Crippen LogP contribution in [-0.4, -0.2) is 43.6 Å². The van der Waals surface area contributed by atoms with Crippen molar-refractivity contribution in [3.05, 3.63) is 18.7 Å². The number of rotatable bonds is 4. The fourth-order valence-corrected chi connectivity index (χ4v) is 2.61. The zero-order valence-corrected chi connectivity index (χ0v) is 12.5. The summed E-state index contributed by atoms with van der Waals surface area (Å²) in [6.07, 6.45) is 8.91. The van der Waals surface area contributed by atoms with E-state index in [0.29, 0.717) is 17.9 Å². The minimum Gasteiger partial charge on any atom is -0.354 e. The molecule has 2 aromatic rings. The van der Waals surface area contributed by atoms with Crippen LogP contribution in [0.2, 0.25) is 0 Å². The zero-order valence-electron chi connectivity index (χ0n) is 12.5. The van der Waals surface area contributed by atoms with Crippen molar-refractivity contribution in [2.45, 2.75) is 39.2 Å². The Kier molecular flexibility index (Phi) is 3.98. The molecule has 1 unspecified atom stereocenters. The van der Waals surface area contributed by atoms with Crippen molar-refractivity contribution in [3.8, 4) is 5.95 Å². The van der Waals surface area contributed by atoms with Crippen LogP contribution >= 0.6 is 0 Å². The van der Waals surface area contributed by atoms with E-state index in [1.165, 1.54) is 19.3 Å². The van der Waals surface area contributed by atoms with E-state index in [2.05, 4.69) is 37.1 Å². The van der Waals surface area contributed by atoms with Crippen LogP contribution in [0.1, 0.15) is 33.1 Å². The van der Waals surface area contributed by atoms with Crippen LogP contribution in [0.3, 0.4) is 0 Å². The minimum atomic E-state index is 0.464. The Morgan fingerprint density at radius 1 is 1.24 bits per heavy atom. The number of nitrogens with one attached hydrogen (secondary N) is 1. The molecule has 3 rings (SSSR count). The molecule has 2 aromatic heterocycles. The van der Waals surface area contributed by atoms with Crippen LogP contribution in [0.15, 0.2) is 18.7 Å². The molecule has 1 saturated heterocycles. The van der Waals surface area contributed by atoms with Crippen molar-refractivity contribution in [1.82, 2.24) is 24.5 Å². The van der Waals surface area contributed by atoms with Gasteiger partial charge in [-0.3, -0.25) is 4.57 Å². The van der Waals surface area contributed by atoms with Gasteiger partial charge < -0.3 is 10.2 Å². The first-order valence-electron chi connectivity index (χ1n) is 7.53. The molecule has 1 aliphatic rings. The van der Waals surface area contributed by atoms with Crippen molar-refractivity contribution >= 4 is 11.9 Å². The van der Waals surface area contributed by atoms with Crippen LogP contribution in [-0.2, 0) is 0 Å². The highest BCUT2D eigenvalue weighted by Crippen LogP contribution is 2.22. The summed E-state index contributed by atoms with van der Waals surface area (Å²) in [6.45, 7) is 6.04. The van der Waals surface area contributed by atoms with E-state index >= 15 is 0 Å². The number of imidazole rings is 1. The van der Waals surface area contributed by atoms with Gasteiger partial charge in [0.05, 0.1) is 0 Å². The van der Waals surface area contributed by atoms with Crippen molar-refractivity contribution < 1.29 is 0 Å². The summed E-state index contributed by atoms with van der Waals surface area (Å²) < 4.78 is 1.81. The molecule has 0 amide bonds. The third kappa shape index (κ3) is 2.96. The molecule has 0 aromatic carbocycles. The monoisotopic (exact) mass is 287 g/mol. The van der Waals surface area contributed by atoms with Crippen molar-refractivity contribution in [1.29, 1.82) is 0 Å². The van der Waals surface area contributed by atoms with Gasteiger partial charge in [0.25, 0.3) is 0 Å². The second kappa shape index (κ2) is 6.07. The molecule has 3 heterocycles. The summed E-state index contributed by atoms with van der Waals surface area (Å²) in [7, 11) is 0. The standard InChI is InChI=1S/C14H21N7/c1-3-16-12-17-13(20-9-7-15-10-20)19-14(18-12)21-8-5-4-6-11(21)2/h7,9-11H,3-6,8H2,1-2H3,(H,16,17,18,19). The van der Waals surface area contributed by atoms with Gasteiger partial charge in [-0.05, 0) is 33.1 Å². The highest BCUT2D eigenvalue weighted by atomic mass is 15.3. The topological polar surface area (TPSA) is 71.8 Å². The van der Waals surface area contributed by atoms with Gasteiger partial charge in [0.2, 0.25) is 17.8 Å². The predicted octanol–water partition coefficient (Wildman–Crippen LogP) is 1.87. The number of hydrogen-bond acceptors (Lipinski definition) is 6. The maximum Gasteiger partial charge on any atom is 0.241 e. The molecular formula is C14H21N7. The second-order valence-electron chi connectivity index (χ2n) is 5.30. The first-order chi connectivity index (χ1) is 10.3. The van der Waals surface area contributed by atoms with Crippen LogP contribution in [0.5, 0.6) is 0 Å². The highest BCUT2D eigenvalue weighted by Gasteiger charge is 2.22. The summed E-state index contributed by atoms with van der Waals surface area (Å²) in [5.74, 6) is 1.96. The van der Waals surface area contributed by atoms with E-state index in [1.54, 1.807) is 17.1 Å². The largest absolute Gasteiger partial charge is 0.354 e. The van der Waals surface area contributed by atoms with E-state index in [1.807, 2.05) is 13.1 Å². The quantitative estimate of drug-likeness (QED) is 0.925. The first kappa shape index (κ1) is 13.8. The van der Waals surface area contributed by atoms with Gasteiger partial charge in [-0.1, -0.05) is 0 Å². The summed E-state index contributed by atoms with van der Waals surface area (Å²) in [5.41, 5.74) is 0. The molecule has 0 aliphatic carbocycles. The average Bonchev–Trinajstić information content (AvgIpc) is 3.02. The van der Waals surface area contributed by atoms with E-state index in [4.69, 9.17) is 0 Å². The molecule has 112 valence electrons. The van der Waals surface area contributed by atoms with Crippen molar-refractivity contribution in [2.24, 2.45) is 0 Å². The normalized spacial score (nSPS) is 18.8. The van der Waals surface area contributed by atoms with Crippen LogP contribution in [0.25, 0.3) is 5.95 Å². The van der Waals surface area contributed by atoms with Crippen LogP contribution in [0.4, 0.5) is 11.9 Å². The highest BCUT2D eigenvalue weighted by molar-refractivity contribution is 5.41. The van der Waals surface area contributed by atoms with E-state index in [9.17, 15) is 0 Å². The zero-order chi connectivity index (χ0) is 14.7. The lowest BCUT2D eigenvalue weighted by molar-refractivity contribution is 0.476. The van der Waals surface area contributed by atoms with Crippen molar-refractivity contribution in [2.75, 3.05) is 23.3 Å². The Hall–Kier alpha value is -2.18. The lowest BCUT2D eigenvalue weighted by atomic mass is 10.0. The number of nitrogens with zero attached hydrogens (tertiary/aromatic N) is 6. The summed E-state index contributed by atoms with van der Waals surface area (Å²) in [5, 5.41) is 3.18. The summed E-state index contributed by atoms with van der Waals surface area (Å²) >= 11 is 0. The third-order valence-electron chi connectivity index (χ3n) is 3.74. The SMILES string of the molecule is CCNc1nc(N2CCCCC2C)nc(-n2ccnc2)n1. The Bertz CT molecular complexity index is 581. The Morgan fingerprint density at radius 3 is 2.81 bits per heavy atom. The van der Waals surface area contributed by atoms with Gasteiger partial charge in [-0.25, -0.2) is 4.98 Å². The number of anilines is 2. The molecule has 7 nitrogen and oxygen atoms in total. The maximum atomic E-state index is 4.62. The van der Waals surface area contributed by atoms with Gasteiger partial charge in [0, 0.05) is 31.5 Å². The predicted molar refractivity (Wildman–Crippen MR) is 81.8 cm³/mol. The van der Waals surface area contributed by atoms with Crippen LogP contribution in [0, 0.1) is 0 Å². The molecule has 21 heavy (non-hydrogen) atoms. The second-order valence-corrected chi connectivity index (χ2v) is 5.30. The average molecular weight is 287 g/mol. The smallest absolute Gasteiger partial charge is 0.241 e. The fraction of sp³-hybridized carbons (Fsp3) is 0.571. The summed E-state index contributed by atoms with van der Waals surface area (Å²) in [4.78, 5) is 20.0. The fourth-order valence-electron chi connectivity index (χ4n) is 2.61. The lowest BCUT2D eigenvalue weighted by Crippen LogP contribution is -2.39. The van der Waals surface area contributed by atoms with E-state index in [0.717, 1.165) is 19.0 Å². The first-order valence-corrected chi connectivity index (χ1v) is 7.53. The summed E-state index contributed by atoms with van der Waals surface area (Å²) in [6, 6.07) is 0.464. The van der Waals surface area contributed by atoms with Crippen molar-refractivity contribution in [3.63, 3.8) is 0 Å². The molecule has 0 bridgehead atoms. The van der Waals surface area contributed by atoms with E-state index in [-0.39, 0.29) is 0 Å². The molecule has 1 aliphatic heterocycles. The Balaban J connectivity index is 1.98. The van der Waals surface area contributed by atoms with Gasteiger partial charge >= 0.3 is 0 Å². The number of piperidine rings is 1. The molecule has 0 saturated carbocycles. The molecular weight excluding hydrogens is 266 g/mol. The maximum absolute atomic E-state index is 4.62.